The van der Waals surface area contributed by atoms with Gasteiger partial charge in [0.05, 0.1) is 12.0 Å². The summed E-state index contributed by atoms with van der Waals surface area (Å²) in [5.41, 5.74) is 4.83. The lowest BCUT2D eigenvalue weighted by Crippen LogP contribution is -2.46. The van der Waals surface area contributed by atoms with E-state index >= 15 is 0 Å². The highest BCUT2D eigenvalue weighted by Crippen LogP contribution is 2.44. The molecule has 1 aromatic heterocycles. The number of piperidine rings is 1. The molecule has 0 bridgehead atoms. The predicted molar refractivity (Wildman–Crippen MR) is 159 cm³/mol. The van der Waals surface area contributed by atoms with Crippen LogP contribution in [0.1, 0.15) is 58.3 Å². The van der Waals surface area contributed by atoms with Crippen molar-refractivity contribution in [3.8, 4) is 0 Å². The number of nitrogens with one attached hydrogen (secondary N) is 2. The van der Waals surface area contributed by atoms with Gasteiger partial charge in [-0.25, -0.2) is 0 Å². The molecule has 6 rings (SSSR count). The molecule has 0 radical (unpaired) electrons. The van der Waals surface area contributed by atoms with Crippen molar-refractivity contribution < 1.29 is 9.59 Å². The van der Waals surface area contributed by atoms with Crippen molar-refractivity contribution in [1.82, 2.24) is 20.1 Å². The van der Waals surface area contributed by atoms with Crippen LogP contribution in [-0.4, -0.2) is 59.8 Å². The Morgan fingerprint density at radius 3 is 2.48 bits per heavy atom. The van der Waals surface area contributed by atoms with Crippen LogP contribution >= 0.6 is 0 Å². The normalized spacial score (nSPS) is 20.0. The second-order valence-corrected chi connectivity index (χ2v) is 11.3. The highest BCUT2D eigenvalue weighted by molar-refractivity contribution is 6.02. The standard InChI is InChI=1S/C34H38N4O2/c1-37-32(29-23-36-30-15-8-7-12-26(29)30)31(27-13-5-6-14-28(27)34(37)40)33(39)35-18-9-19-38-20-16-25(17-21-38)22-24-10-3-2-4-11-24/h2-8,10-15,23,25,31-32,36H,9,16-22H2,1H3,(H,35,39). The van der Waals surface area contributed by atoms with E-state index in [4.69, 9.17) is 0 Å². The molecule has 2 aliphatic rings. The summed E-state index contributed by atoms with van der Waals surface area (Å²) in [5.74, 6) is 0.201. The summed E-state index contributed by atoms with van der Waals surface area (Å²) in [6.07, 6.45) is 6.49. The molecule has 0 aliphatic carbocycles. The third-order valence-electron chi connectivity index (χ3n) is 8.83. The van der Waals surface area contributed by atoms with Crippen LogP contribution in [0.3, 0.4) is 0 Å². The average molecular weight is 535 g/mol. The molecule has 206 valence electrons. The summed E-state index contributed by atoms with van der Waals surface area (Å²) >= 11 is 0. The summed E-state index contributed by atoms with van der Waals surface area (Å²) in [4.78, 5) is 34.8. The number of aromatic amines is 1. The molecular weight excluding hydrogens is 496 g/mol. The zero-order valence-electron chi connectivity index (χ0n) is 23.2. The fraction of sp³-hybridized carbons (Fsp3) is 0.353. The first-order chi connectivity index (χ1) is 19.6. The molecule has 2 N–H and O–H groups in total. The molecule has 0 spiro atoms. The van der Waals surface area contributed by atoms with E-state index < -0.39 is 5.92 Å². The Bertz CT molecular complexity index is 1470. The lowest BCUT2D eigenvalue weighted by atomic mass is 9.79. The number of amides is 2. The van der Waals surface area contributed by atoms with Crippen LogP contribution in [0.2, 0.25) is 0 Å². The van der Waals surface area contributed by atoms with E-state index in [2.05, 4.69) is 51.6 Å². The van der Waals surface area contributed by atoms with Gasteiger partial charge in [-0.2, -0.15) is 0 Å². The van der Waals surface area contributed by atoms with Crippen LogP contribution in [0.5, 0.6) is 0 Å². The first kappa shape index (κ1) is 26.3. The SMILES string of the molecule is CN1C(=O)c2ccccc2C(C(=O)NCCCN2CCC(Cc3ccccc3)CC2)C1c1c[nH]c2ccccc12. The molecule has 6 heteroatoms. The maximum absolute atomic E-state index is 13.8. The van der Waals surface area contributed by atoms with Crippen molar-refractivity contribution in [3.63, 3.8) is 0 Å². The minimum atomic E-state index is -0.480. The quantitative estimate of drug-likeness (QED) is 0.292. The number of likely N-dealkylation sites (N-methyl/N-ethyl adjacent to an activating group) is 1. The van der Waals surface area contributed by atoms with Crippen molar-refractivity contribution in [1.29, 1.82) is 0 Å². The van der Waals surface area contributed by atoms with Gasteiger partial charge in [0.25, 0.3) is 5.91 Å². The van der Waals surface area contributed by atoms with Gasteiger partial charge < -0.3 is 20.1 Å². The molecule has 1 saturated heterocycles. The molecule has 6 nitrogen and oxygen atoms in total. The maximum Gasteiger partial charge on any atom is 0.254 e. The molecule has 1 fully saturated rings. The molecule has 2 atom stereocenters. The van der Waals surface area contributed by atoms with Crippen molar-refractivity contribution in [3.05, 3.63) is 107 Å². The van der Waals surface area contributed by atoms with Crippen LogP contribution in [-0.2, 0) is 11.2 Å². The molecule has 2 unspecified atom stereocenters. The third kappa shape index (κ3) is 5.28. The van der Waals surface area contributed by atoms with Gasteiger partial charge in [0.1, 0.15) is 0 Å². The lowest BCUT2D eigenvalue weighted by Gasteiger charge is -2.39. The Labute approximate surface area is 236 Å². The number of rotatable bonds is 8. The highest BCUT2D eigenvalue weighted by atomic mass is 16.2. The van der Waals surface area contributed by atoms with Gasteiger partial charge in [0, 0.05) is 41.8 Å². The Balaban J connectivity index is 1.10. The van der Waals surface area contributed by atoms with E-state index in [0.717, 1.165) is 54.0 Å². The minimum absolute atomic E-state index is 0.0244. The summed E-state index contributed by atoms with van der Waals surface area (Å²) in [6.45, 7) is 3.86. The van der Waals surface area contributed by atoms with Crippen LogP contribution < -0.4 is 5.32 Å². The van der Waals surface area contributed by atoms with Gasteiger partial charge in [-0.1, -0.05) is 66.7 Å². The van der Waals surface area contributed by atoms with Crippen molar-refractivity contribution in [2.24, 2.45) is 5.92 Å². The van der Waals surface area contributed by atoms with Gasteiger partial charge >= 0.3 is 0 Å². The minimum Gasteiger partial charge on any atom is -0.361 e. The monoisotopic (exact) mass is 534 g/mol. The average Bonchev–Trinajstić information content (AvgIpc) is 3.42. The number of hydrogen-bond donors (Lipinski definition) is 2. The number of H-pyrrole nitrogens is 1. The van der Waals surface area contributed by atoms with Crippen molar-refractivity contribution in [2.75, 3.05) is 33.2 Å². The smallest absolute Gasteiger partial charge is 0.254 e. The molecule has 0 saturated carbocycles. The topological polar surface area (TPSA) is 68.4 Å². The molecule has 2 aliphatic heterocycles. The second-order valence-electron chi connectivity index (χ2n) is 11.3. The van der Waals surface area contributed by atoms with Gasteiger partial charge in [0.2, 0.25) is 5.91 Å². The number of fused-ring (bicyclic) bond motifs is 2. The number of hydrogen-bond acceptors (Lipinski definition) is 3. The fourth-order valence-corrected chi connectivity index (χ4v) is 6.67. The summed E-state index contributed by atoms with van der Waals surface area (Å²) in [7, 11) is 1.81. The zero-order valence-corrected chi connectivity index (χ0v) is 23.2. The Morgan fingerprint density at radius 2 is 1.65 bits per heavy atom. The number of aromatic nitrogens is 1. The van der Waals surface area contributed by atoms with E-state index in [1.807, 2.05) is 55.7 Å². The highest BCUT2D eigenvalue weighted by Gasteiger charge is 2.43. The predicted octanol–water partition coefficient (Wildman–Crippen LogP) is 5.54. The molecule has 3 aromatic carbocycles. The van der Waals surface area contributed by atoms with E-state index in [-0.39, 0.29) is 17.9 Å². The zero-order chi connectivity index (χ0) is 27.5. The van der Waals surface area contributed by atoms with Crippen molar-refractivity contribution in [2.45, 2.75) is 37.6 Å². The molecule has 2 amide bonds. The van der Waals surface area contributed by atoms with E-state index in [1.54, 1.807) is 4.90 Å². The van der Waals surface area contributed by atoms with Crippen LogP contribution in [0.25, 0.3) is 10.9 Å². The molecular formula is C34H38N4O2. The largest absolute Gasteiger partial charge is 0.361 e. The van der Waals surface area contributed by atoms with E-state index in [1.165, 1.54) is 24.8 Å². The van der Waals surface area contributed by atoms with Gasteiger partial charge in [0.15, 0.2) is 0 Å². The number of nitrogens with zero attached hydrogens (tertiary/aromatic N) is 2. The third-order valence-corrected chi connectivity index (χ3v) is 8.83. The molecule has 4 aromatic rings. The molecule has 40 heavy (non-hydrogen) atoms. The number of carbonyl (C=O) groups is 2. The van der Waals surface area contributed by atoms with Crippen molar-refractivity contribution >= 4 is 22.7 Å². The lowest BCUT2D eigenvalue weighted by molar-refractivity contribution is -0.124. The summed E-state index contributed by atoms with van der Waals surface area (Å²) in [6, 6.07) is 26.0. The number of likely N-dealkylation sites (tertiary alicyclic amines) is 1. The van der Waals surface area contributed by atoms with Gasteiger partial charge in [-0.05, 0) is 74.5 Å². The van der Waals surface area contributed by atoms with Crippen LogP contribution in [0.4, 0.5) is 0 Å². The molecule has 3 heterocycles. The summed E-state index contributed by atoms with van der Waals surface area (Å²) in [5, 5.41) is 4.28. The van der Waals surface area contributed by atoms with Gasteiger partial charge in [-0.15, -0.1) is 0 Å². The first-order valence-electron chi connectivity index (χ1n) is 14.6. The number of benzene rings is 3. The van der Waals surface area contributed by atoms with E-state index in [0.29, 0.717) is 12.1 Å². The van der Waals surface area contributed by atoms with Crippen LogP contribution in [0, 0.1) is 5.92 Å². The maximum atomic E-state index is 13.8. The second kappa shape index (κ2) is 11.7. The van der Waals surface area contributed by atoms with Gasteiger partial charge in [-0.3, -0.25) is 9.59 Å². The fourth-order valence-electron chi connectivity index (χ4n) is 6.67. The summed E-state index contributed by atoms with van der Waals surface area (Å²) < 4.78 is 0. The van der Waals surface area contributed by atoms with E-state index in [9.17, 15) is 9.59 Å². The Hall–Kier alpha value is -3.90. The first-order valence-corrected chi connectivity index (χ1v) is 14.6. The van der Waals surface area contributed by atoms with Crippen LogP contribution in [0.15, 0.2) is 85.1 Å². The Kier molecular flexibility index (Phi) is 7.69. The number of para-hydroxylation sites is 1. The number of carbonyl (C=O) groups excluding carboxylic acids is 2. The Morgan fingerprint density at radius 1 is 0.925 bits per heavy atom.